The van der Waals surface area contributed by atoms with Crippen molar-refractivity contribution in [2.75, 3.05) is 6.61 Å². The van der Waals surface area contributed by atoms with E-state index in [1.165, 1.54) is 0 Å². The highest BCUT2D eigenvalue weighted by Crippen LogP contribution is 2.23. The van der Waals surface area contributed by atoms with E-state index in [1.54, 1.807) is 0 Å². The molecule has 0 aromatic rings. The lowest BCUT2D eigenvalue weighted by atomic mass is 9.85. The molecule has 0 heterocycles. The fourth-order valence-corrected chi connectivity index (χ4v) is 1.70. The Balaban J connectivity index is 2.42. The van der Waals surface area contributed by atoms with Crippen LogP contribution in [0.15, 0.2) is 0 Å². The Labute approximate surface area is 73.3 Å². The van der Waals surface area contributed by atoms with Gasteiger partial charge in [0.05, 0.1) is 12.5 Å². The van der Waals surface area contributed by atoms with Gasteiger partial charge in [0.25, 0.3) is 0 Å². The van der Waals surface area contributed by atoms with E-state index in [0.717, 1.165) is 25.7 Å². The SMILES string of the molecule is CCOC(=O)C1CCCC[C@@H]1N. The van der Waals surface area contributed by atoms with Crippen molar-refractivity contribution < 1.29 is 9.53 Å². The molecule has 3 nitrogen and oxygen atoms in total. The summed E-state index contributed by atoms with van der Waals surface area (Å²) < 4.78 is 4.93. The molecule has 1 rings (SSSR count). The van der Waals surface area contributed by atoms with Crippen LogP contribution in [-0.2, 0) is 9.53 Å². The van der Waals surface area contributed by atoms with Crippen LogP contribution >= 0.6 is 0 Å². The highest BCUT2D eigenvalue weighted by Gasteiger charge is 2.28. The van der Waals surface area contributed by atoms with Crippen LogP contribution in [0.3, 0.4) is 0 Å². The number of carbonyl (C=O) groups excluding carboxylic acids is 1. The molecular formula is C9H17NO2. The molecule has 1 saturated carbocycles. The summed E-state index contributed by atoms with van der Waals surface area (Å²) in [6.07, 6.45) is 4.12. The molecule has 0 amide bonds. The normalized spacial score (nSPS) is 29.8. The van der Waals surface area contributed by atoms with Gasteiger partial charge in [0.15, 0.2) is 0 Å². The average Bonchev–Trinajstić information content (AvgIpc) is 2.05. The van der Waals surface area contributed by atoms with E-state index in [1.807, 2.05) is 6.92 Å². The van der Waals surface area contributed by atoms with E-state index in [0.29, 0.717) is 6.61 Å². The van der Waals surface area contributed by atoms with Gasteiger partial charge in [0.2, 0.25) is 0 Å². The number of carbonyl (C=O) groups is 1. The first kappa shape index (κ1) is 9.52. The Morgan fingerprint density at radius 2 is 2.17 bits per heavy atom. The van der Waals surface area contributed by atoms with Crippen molar-refractivity contribution in [3.05, 3.63) is 0 Å². The van der Waals surface area contributed by atoms with Crippen LogP contribution in [0.4, 0.5) is 0 Å². The van der Waals surface area contributed by atoms with Gasteiger partial charge < -0.3 is 10.5 Å². The first-order valence-electron chi connectivity index (χ1n) is 4.68. The first-order valence-corrected chi connectivity index (χ1v) is 4.68. The Morgan fingerprint density at radius 3 is 2.75 bits per heavy atom. The van der Waals surface area contributed by atoms with Crippen molar-refractivity contribution in [2.45, 2.75) is 38.6 Å². The van der Waals surface area contributed by atoms with E-state index >= 15 is 0 Å². The van der Waals surface area contributed by atoms with Crippen LogP contribution in [0, 0.1) is 5.92 Å². The Bertz CT molecular complexity index is 159. The second kappa shape index (κ2) is 4.45. The van der Waals surface area contributed by atoms with Crippen LogP contribution in [0.2, 0.25) is 0 Å². The molecular weight excluding hydrogens is 154 g/mol. The summed E-state index contributed by atoms with van der Waals surface area (Å²) in [6.45, 7) is 2.29. The summed E-state index contributed by atoms with van der Waals surface area (Å²) in [5, 5.41) is 0. The maximum atomic E-state index is 11.3. The molecule has 0 bridgehead atoms. The van der Waals surface area contributed by atoms with E-state index in [9.17, 15) is 4.79 Å². The predicted molar refractivity (Wildman–Crippen MR) is 46.6 cm³/mol. The molecule has 0 aliphatic heterocycles. The minimum absolute atomic E-state index is 0.0257. The van der Waals surface area contributed by atoms with Crippen LogP contribution < -0.4 is 5.73 Å². The highest BCUT2D eigenvalue weighted by atomic mass is 16.5. The molecule has 2 N–H and O–H groups in total. The number of nitrogens with two attached hydrogens (primary N) is 1. The largest absolute Gasteiger partial charge is 0.466 e. The molecule has 0 aromatic carbocycles. The van der Waals surface area contributed by atoms with Crippen LogP contribution in [0.25, 0.3) is 0 Å². The highest BCUT2D eigenvalue weighted by molar-refractivity contribution is 5.73. The fourth-order valence-electron chi connectivity index (χ4n) is 1.70. The van der Waals surface area contributed by atoms with E-state index in [-0.39, 0.29) is 17.9 Å². The lowest BCUT2D eigenvalue weighted by Crippen LogP contribution is -2.38. The molecule has 1 unspecified atom stereocenters. The molecule has 1 aliphatic rings. The minimum atomic E-state index is -0.107. The standard InChI is InChI=1S/C9H17NO2/c1-2-12-9(11)7-5-3-4-6-8(7)10/h7-8H,2-6,10H2,1H3/t7?,8-/m0/s1. The number of ether oxygens (including phenoxy) is 1. The predicted octanol–water partition coefficient (Wildman–Crippen LogP) is 1.07. The monoisotopic (exact) mass is 171 g/mol. The lowest BCUT2D eigenvalue weighted by Gasteiger charge is -2.26. The third-order valence-electron chi connectivity index (χ3n) is 2.41. The molecule has 2 atom stereocenters. The summed E-state index contributed by atoms with van der Waals surface area (Å²) in [5.74, 6) is -0.150. The smallest absolute Gasteiger partial charge is 0.310 e. The maximum absolute atomic E-state index is 11.3. The summed E-state index contributed by atoms with van der Waals surface area (Å²) in [6, 6.07) is 0.0257. The van der Waals surface area contributed by atoms with Crippen molar-refractivity contribution in [3.63, 3.8) is 0 Å². The van der Waals surface area contributed by atoms with Crippen LogP contribution in [0.5, 0.6) is 0 Å². The van der Waals surface area contributed by atoms with Crippen LogP contribution in [-0.4, -0.2) is 18.6 Å². The summed E-state index contributed by atoms with van der Waals surface area (Å²) in [5.41, 5.74) is 5.81. The molecule has 70 valence electrons. The zero-order valence-corrected chi connectivity index (χ0v) is 7.58. The van der Waals surface area contributed by atoms with Gasteiger partial charge in [-0.25, -0.2) is 0 Å². The summed E-state index contributed by atoms with van der Waals surface area (Å²) in [7, 11) is 0. The molecule has 0 spiro atoms. The first-order chi connectivity index (χ1) is 5.75. The number of hydrogen-bond donors (Lipinski definition) is 1. The van der Waals surface area contributed by atoms with Gasteiger partial charge in [-0.3, -0.25) is 4.79 Å². The molecule has 3 heteroatoms. The summed E-state index contributed by atoms with van der Waals surface area (Å²) in [4.78, 5) is 11.3. The zero-order valence-electron chi connectivity index (χ0n) is 7.58. The topological polar surface area (TPSA) is 52.3 Å². The second-order valence-electron chi connectivity index (χ2n) is 3.31. The second-order valence-corrected chi connectivity index (χ2v) is 3.31. The molecule has 0 saturated heterocycles. The van der Waals surface area contributed by atoms with E-state index in [2.05, 4.69) is 0 Å². The Hall–Kier alpha value is -0.570. The van der Waals surface area contributed by atoms with Gasteiger partial charge in [-0.05, 0) is 19.8 Å². The molecule has 0 radical (unpaired) electrons. The molecule has 1 aliphatic carbocycles. The van der Waals surface area contributed by atoms with Gasteiger partial charge in [0.1, 0.15) is 0 Å². The quantitative estimate of drug-likeness (QED) is 0.632. The molecule has 1 fully saturated rings. The van der Waals surface area contributed by atoms with Crippen molar-refractivity contribution >= 4 is 5.97 Å². The average molecular weight is 171 g/mol. The van der Waals surface area contributed by atoms with E-state index in [4.69, 9.17) is 10.5 Å². The van der Waals surface area contributed by atoms with E-state index < -0.39 is 0 Å². The zero-order chi connectivity index (χ0) is 8.97. The lowest BCUT2D eigenvalue weighted by molar-refractivity contribution is -0.149. The summed E-state index contributed by atoms with van der Waals surface area (Å²) >= 11 is 0. The Kier molecular flexibility index (Phi) is 3.53. The van der Waals surface area contributed by atoms with Gasteiger partial charge in [0, 0.05) is 6.04 Å². The molecule has 12 heavy (non-hydrogen) atoms. The van der Waals surface area contributed by atoms with Crippen molar-refractivity contribution in [1.82, 2.24) is 0 Å². The van der Waals surface area contributed by atoms with Crippen molar-refractivity contribution in [1.29, 1.82) is 0 Å². The number of esters is 1. The van der Waals surface area contributed by atoms with Gasteiger partial charge >= 0.3 is 5.97 Å². The fraction of sp³-hybridized carbons (Fsp3) is 0.889. The van der Waals surface area contributed by atoms with Gasteiger partial charge in [-0.1, -0.05) is 12.8 Å². The number of rotatable bonds is 2. The third kappa shape index (κ3) is 2.21. The minimum Gasteiger partial charge on any atom is -0.466 e. The molecule has 0 aromatic heterocycles. The van der Waals surface area contributed by atoms with Gasteiger partial charge in [-0.15, -0.1) is 0 Å². The Morgan fingerprint density at radius 1 is 1.50 bits per heavy atom. The van der Waals surface area contributed by atoms with Crippen LogP contribution in [0.1, 0.15) is 32.6 Å². The number of hydrogen-bond acceptors (Lipinski definition) is 3. The van der Waals surface area contributed by atoms with Gasteiger partial charge in [-0.2, -0.15) is 0 Å². The third-order valence-corrected chi connectivity index (χ3v) is 2.41. The maximum Gasteiger partial charge on any atom is 0.310 e. The van der Waals surface area contributed by atoms with Crippen molar-refractivity contribution in [3.8, 4) is 0 Å². The van der Waals surface area contributed by atoms with Crippen molar-refractivity contribution in [2.24, 2.45) is 11.7 Å².